The molecule has 2 N–H and O–H groups in total. The maximum atomic E-state index is 12.7. The van der Waals surface area contributed by atoms with Crippen LogP contribution in [0.2, 0.25) is 0 Å². The van der Waals surface area contributed by atoms with Crippen LogP contribution in [0.5, 0.6) is 0 Å². The molecular formula is C17H20BrN3O. The molecule has 0 bridgehead atoms. The van der Waals surface area contributed by atoms with Crippen molar-refractivity contribution >= 4 is 21.8 Å². The molecule has 1 aliphatic rings. The third kappa shape index (κ3) is 2.83. The van der Waals surface area contributed by atoms with Gasteiger partial charge in [0.15, 0.2) is 0 Å². The Labute approximate surface area is 139 Å². The molecule has 2 heterocycles. The van der Waals surface area contributed by atoms with Crippen LogP contribution in [0.4, 0.5) is 0 Å². The first kappa shape index (κ1) is 15.3. The van der Waals surface area contributed by atoms with Crippen molar-refractivity contribution in [3.05, 3.63) is 46.6 Å². The van der Waals surface area contributed by atoms with Crippen molar-refractivity contribution in [2.75, 3.05) is 19.6 Å². The summed E-state index contributed by atoms with van der Waals surface area (Å²) in [6.07, 6.45) is 1.01. The molecular weight excluding hydrogens is 342 g/mol. The van der Waals surface area contributed by atoms with E-state index in [4.69, 9.17) is 5.73 Å². The van der Waals surface area contributed by atoms with Crippen LogP contribution in [0.1, 0.15) is 16.9 Å². The lowest BCUT2D eigenvalue weighted by Gasteiger charge is -2.17. The lowest BCUT2D eigenvalue weighted by atomic mass is 10.1. The van der Waals surface area contributed by atoms with Crippen molar-refractivity contribution in [1.29, 1.82) is 0 Å². The Morgan fingerprint density at radius 3 is 2.86 bits per heavy atom. The van der Waals surface area contributed by atoms with E-state index in [9.17, 15) is 4.79 Å². The Morgan fingerprint density at radius 1 is 1.36 bits per heavy atom. The van der Waals surface area contributed by atoms with E-state index in [2.05, 4.69) is 28.1 Å². The van der Waals surface area contributed by atoms with Gasteiger partial charge in [0.05, 0.1) is 0 Å². The molecule has 0 spiro atoms. The Morgan fingerprint density at radius 2 is 2.18 bits per heavy atom. The highest BCUT2D eigenvalue weighted by atomic mass is 79.9. The fraction of sp³-hybridized carbons (Fsp3) is 0.353. The minimum absolute atomic E-state index is 0.0969. The van der Waals surface area contributed by atoms with Crippen LogP contribution < -0.4 is 5.73 Å². The molecule has 1 unspecified atom stereocenters. The van der Waals surface area contributed by atoms with Crippen LogP contribution >= 0.6 is 15.9 Å². The largest absolute Gasteiger partial charge is 0.340 e. The highest BCUT2D eigenvalue weighted by Gasteiger charge is 2.27. The second kappa shape index (κ2) is 6.26. The van der Waals surface area contributed by atoms with Crippen LogP contribution in [0.25, 0.3) is 11.3 Å². The van der Waals surface area contributed by atoms with Gasteiger partial charge in [-0.15, -0.1) is 0 Å². The summed E-state index contributed by atoms with van der Waals surface area (Å²) in [5.74, 6) is 0.536. The summed E-state index contributed by atoms with van der Waals surface area (Å²) >= 11 is 3.49. The quantitative estimate of drug-likeness (QED) is 0.913. The number of carbonyl (C=O) groups excluding carboxylic acids is 1. The normalized spacial score (nSPS) is 18.0. The molecule has 3 rings (SSSR count). The molecule has 5 heteroatoms. The van der Waals surface area contributed by atoms with Gasteiger partial charge in [-0.1, -0.05) is 28.1 Å². The Kier molecular flexibility index (Phi) is 4.36. The second-order valence-corrected chi connectivity index (χ2v) is 6.73. The zero-order valence-corrected chi connectivity index (χ0v) is 14.2. The van der Waals surface area contributed by atoms with Crippen LogP contribution in [0.3, 0.4) is 0 Å². The average molecular weight is 362 g/mol. The van der Waals surface area contributed by atoms with Crippen molar-refractivity contribution in [1.82, 2.24) is 9.47 Å². The van der Waals surface area contributed by atoms with Gasteiger partial charge in [0.1, 0.15) is 5.69 Å². The molecule has 22 heavy (non-hydrogen) atoms. The van der Waals surface area contributed by atoms with Crippen molar-refractivity contribution in [2.24, 2.45) is 18.7 Å². The van der Waals surface area contributed by atoms with Gasteiger partial charge in [0.2, 0.25) is 0 Å². The van der Waals surface area contributed by atoms with E-state index in [1.54, 1.807) is 0 Å². The molecule has 1 saturated heterocycles. The van der Waals surface area contributed by atoms with Crippen molar-refractivity contribution < 1.29 is 4.79 Å². The van der Waals surface area contributed by atoms with E-state index in [-0.39, 0.29) is 5.91 Å². The van der Waals surface area contributed by atoms with Gasteiger partial charge in [-0.05, 0) is 48.7 Å². The number of nitrogens with two attached hydrogens (primary N) is 1. The Balaban J connectivity index is 1.86. The number of aromatic nitrogens is 1. The molecule has 116 valence electrons. The standard InChI is InChI=1S/C17H20BrN3O/c1-20-15(13-3-2-4-14(18)9-13)5-6-16(20)17(22)21-8-7-12(10-19)11-21/h2-6,9,12H,7-8,10-11,19H2,1H3. The fourth-order valence-corrected chi connectivity index (χ4v) is 3.43. The van der Waals surface area contributed by atoms with Crippen molar-refractivity contribution in [2.45, 2.75) is 6.42 Å². The zero-order valence-electron chi connectivity index (χ0n) is 12.6. The van der Waals surface area contributed by atoms with Gasteiger partial charge in [0.25, 0.3) is 5.91 Å². The molecule has 0 radical (unpaired) electrons. The number of likely N-dealkylation sites (tertiary alicyclic amines) is 1. The molecule has 1 aromatic carbocycles. The highest BCUT2D eigenvalue weighted by Crippen LogP contribution is 2.26. The SMILES string of the molecule is Cn1c(C(=O)N2CCC(CN)C2)ccc1-c1cccc(Br)c1. The lowest BCUT2D eigenvalue weighted by Crippen LogP contribution is -2.31. The summed E-state index contributed by atoms with van der Waals surface area (Å²) in [5, 5.41) is 0. The number of halogens is 1. The Hall–Kier alpha value is -1.59. The lowest BCUT2D eigenvalue weighted by molar-refractivity contribution is 0.0778. The van der Waals surface area contributed by atoms with Gasteiger partial charge < -0.3 is 15.2 Å². The van der Waals surface area contributed by atoms with E-state index in [1.165, 1.54) is 0 Å². The molecule has 2 aromatic rings. The summed E-state index contributed by atoms with van der Waals surface area (Å²) in [6, 6.07) is 12.0. The molecule has 1 aromatic heterocycles. The number of hydrogen-bond acceptors (Lipinski definition) is 2. The molecule has 0 aliphatic carbocycles. The van der Waals surface area contributed by atoms with Crippen LogP contribution in [0, 0.1) is 5.92 Å². The minimum atomic E-state index is 0.0969. The van der Waals surface area contributed by atoms with Crippen molar-refractivity contribution in [3.8, 4) is 11.3 Å². The minimum Gasteiger partial charge on any atom is -0.340 e. The molecule has 1 amide bonds. The predicted molar refractivity (Wildman–Crippen MR) is 91.6 cm³/mol. The van der Waals surface area contributed by atoms with Gasteiger partial charge in [-0.3, -0.25) is 4.79 Å². The predicted octanol–water partition coefficient (Wildman–Crippen LogP) is 2.88. The number of benzene rings is 1. The third-order valence-electron chi connectivity index (χ3n) is 4.37. The maximum absolute atomic E-state index is 12.7. The highest BCUT2D eigenvalue weighted by molar-refractivity contribution is 9.10. The summed E-state index contributed by atoms with van der Waals surface area (Å²) in [6.45, 7) is 2.23. The number of nitrogens with zero attached hydrogens (tertiary/aromatic N) is 2. The first-order chi connectivity index (χ1) is 10.6. The number of rotatable bonds is 3. The van der Waals surface area contributed by atoms with E-state index >= 15 is 0 Å². The summed E-state index contributed by atoms with van der Waals surface area (Å²) in [5.41, 5.74) is 8.58. The topological polar surface area (TPSA) is 51.3 Å². The first-order valence-electron chi connectivity index (χ1n) is 7.51. The monoisotopic (exact) mass is 361 g/mol. The molecule has 1 atom stereocenters. The van der Waals surface area contributed by atoms with Gasteiger partial charge >= 0.3 is 0 Å². The van der Waals surface area contributed by atoms with E-state index in [0.717, 1.165) is 40.9 Å². The van der Waals surface area contributed by atoms with E-state index < -0.39 is 0 Å². The van der Waals surface area contributed by atoms with Crippen LogP contribution in [-0.2, 0) is 7.05 Å². The Bertz CT molecular complexity index is 695. The molecule has 4 nitrogen and oxygen atoms in total. The van der Waals surface area contributed by atoms with Crippen LogP contribution in [-0.4, -0.2) is 35.0 Å². The molecule has 1 aliphatic heterocycles. The number of hydrogen-bond donors (Lipinski definition) is 1. The maximum Gasteiger partial charge on any atom is 0.270 e. The van der Waals surface area contributed by atoms with Crippen LogP contribution in [0.15, 0.2) is 40.9 Å². The van der Waals surface area contributed by atoms with Gasteiger partial charge in [0, 0.05) is 30.3 Å². The summed E-state index contributed by atoms with van der Waals surface area (Å²) in [7, 11) is 1.94. The first-order valence-corrected chi connectivity index (χ1v) is 8.30. The summed E-state index contributed by atoms with van der Waals surface area (Å²) in [4.78, 5) is 14.6. The third-order valence-corrected chi connectivity index (χ3v) is 4.86. The summed E-state index contributed by atoms with van der Waals surface area (Å²) < 4.78 is 3.00. The molecule has 1 fully saturated rings. The number of amides is 1. The second-order valence-electron chi connectivity index (χ2n) is 5.81. The van der Waals surface area contributed by atoms with E-state index in [0.29, 0.717) is 12.5 Å². The zero-order chi connectivity index (χ0) is 15.7. The molecule has 0 saturated carbocycles. The smallest absolute Gasteiger partial charge is 0.270 e. The van der Waals surface area contributed by atoms with E-state index in [1.807, 2.05) is 40.8 Å². The van der Waals surface area contributed by atoms with Gasteiger partial charge in [-0.25, -0.2) is 0 Å². The van der Waals surface area contributed by atoms with Gasteiger partial charge in [-0.2, -0.15) is 0 Å². The fourth-order valence-electron chi connectivity index (χ4n) is 3.04. The average Bonchev–Trinajstić information content (AvgIpc) is 3.13. The number of carbonyl (C=O) groups is 1. The van der Waals surface area contributed by atoms with Crippen molar-refractivity contribution in [3.63, 3.8) is 0 Å².